The molecule has 1 aromatic heterocycles. The van der Waals surface area contributed by atoms with Gasteiger partial charge in [-0.1, -0.05) is 11.6 Å². The molecular formula is C17H14O5. The van der Waals surface area contributed by atoms with E-state index in [-0.39, 0.29) is 17.3 Å². The Balaban J connectivity index is 2.30. The van der Waals surface area contributed by atoms with Crippen LogP contribution < -0.4 is 10.2 Å². The highest BCUT2D eigenvalue weighted by Crippen LogP contribution is 2.35. The summed E-state index contributed by atoms with van der Waals surface area (Å²) in [7, 11) is 1.41. The molecule has 0 spiro atoms. The molecule has 3 rings (SSSR count). The van der Waals surface area contributed by atoms with Crippen LogP contribution in [0, 0.1) is 6.92 Å². The van der Waals surface area contributed by atoms with Crippen LogP contribution in [0.2, 0.25) is 0 Å². The first-order chi connectivity index (χ1) is 10.5. The summed E-state index contributed by atoms with van der Waals surface area (Å²) in [5, 5.41) is 20.1. The fourth-order valence-corrected chi connectivity index (χ4v) is 2.31. The van der Waals surface area contributed by atoms with Crippen LogP contribution in [0.5, 0.6) is 17.2 Å². The zero-order valence-corrected chi connectivity index (χ0v) is 12.1. The Bertz CT molecular complexity index is 924. The molecule has 0 aliphatic carbocycles. The molecule has 0 saturated carbocycles. The van der Waals surface area contributed by atoms with Gasteiger partial charge in [0.2, 0.25) is 11.2 Å². The number of hydrogen-bond donors (Lipinski definition) is 2. The Morgan fingerprint density at radius 3 is 2.59 bits per heavy atom. The summed E-state index contributed by atoms with van der Waals surface area (Å²) in [6, 6.07) is 9.62. The van der Waals surface area contributed by atoms with Crippen molar-refractivity contribution in [3.05, 3.63) is 52.2 Å². The molecule has 22 heavy (non-hydrogen) atoms. The van der Waals surface area contributed by atoms with Crippen molar-refractivity contribution in [1.82, 2.24) is 0 Å². The molecule has 0 bridgehead atoms. The van der Waals surface area contributed by atoms with Crippen LogP contribution in [-0.4, -0.2) is 17.3 Å². The lowest BCUT2D eigenvalue weighted by atomic mass is 10.1. The number of rotatable bonds is 2. The molecule has 3 aromatic rings. The summed E-state index contributed by atoms with van der Waals surface area (Å²) in [4.78, 5) is 12.3. The van der Waals surface area contributed by atoms with Crippen LogP contribution in [0.4, 0.5) is 0 Å². The fraction of sp³-hybridized carbons (Fsp3) is 0.118. The number of hydrogen-bond acceptors (Lipinski definition) is 5. The summed E-state index contributed by atoms with van der Waals surface area (Å²) >= 11 is 0. The minimum Gasteiger partial charge on any atom is -0.504 e. The van der Waals surface area contributed by atoms with Gasteiger partial charge in [0.25, 0.3) is 0 Å². The van der Waals surface area contributed by atoms with Gasteiger partial charge in [0.05, 0.1) is 12.5 Å². The van der Waals surface area contributed by atoms with E-state index in [0.717, 1.165) is 5.56 Å². The normalized spacial score (nSPS) is 10.8. The van der Waals surface area contributed by atoms with Crippen LogP contribution in [-0.2, 0) is 0 Å². The standard InChI is InChI=1S/C17H14O5/c1-9-3-6-13-11(7-9)15(19)16(20)17(22-13)10-4-5-12(18)14(8-10)21-2/h3-8,18,20H,1-2H3. The third kappa shape index (κ3) is 2.16. The summed E-state index contributed by atoms with van der Waals surface area (Å²) in [5.74, 6) is -0.237. The number of methoxy groups -OCH3 is 1. The summed E-state index contributed by atoms with van der Waals surface area (Å²) < 4.78 is 10.7. The number of aryl methyl sites for hydroxylation is 1. The van der Waals surface area contributed by atoms with Gasteiger partial charge in [-0.2, -0.15) is 0 Å². The van der Waals surface area contributed by atoms with Gasteiger partial charge in [-0.15, -0.1) is 0 Å². The molecule has 112 valence electrons. The molecule has 5 nitrogen and oxygen atoms in total. The molecule has 0 radical (unpaired) electrons. The minimum atomic E-state index is -0.494. The average molecular weight is 298 g/mol. The second-order valence-electron chi connectivity index (χ2n) is 5.00. The molecular weight excluding hydrogens is 284 g/mol. The van der Waals surface area contributed by atoms with Crippen LogP contribution in [0.1, 0.15) is 5.56 Å². The predicted molar refractivity (Wildman–Crippen MR) is 82.5 cm³/mol. The van der Waals surface area contributed by atoms with Gasteiger partial charge in [-0.05, 0) is 37.3 Å². The van der Waals surface area contributed by atoms with Crippen molar-refractivity contribution >= 4 is 11.0 Å². The van der Waals surface area contributed by atoms with E-state index in [1.807, 2.05) is 13.0 Å². The largest absolute Gasteiger partial charge is 0.504 e. The van der Waals surface area contributed by atoms with E-state index in [0.29, 0.717) is 16.5 Å². The topological polar surface area (TPSA) is 79.9 Å². The smallest absolute Gasteiger partial charge is 0.235 e. The first kappa shape index (κ1) is 14.0. The molecule has 0 fully saturated rings. The van der Waals surface area contributed by atoms with E-state index in [4.69, 9.17) is 9.15 Å². The molecule has 0 amide bonds. The van der Waals surface area contributed by atoms with Crippen molar-refractivity contribution in [2.24, 2.45) is 0 Å². The van der Waals surface area contributed by atoms with Crippen LogP contribution in [0.15, 0.2) is 45.6 Å². The molecule has 0 unspecified atom stereocenters. The monoisotopic (exact) mass is 298 g/mol. The molecule has 5 heteroatoms. The molecule has 1 heterocycles. The van der Waals surface area contributed by atoms with Crippen molar-refractivity contribution in [3.8, 4) is 28.6 Å². The molecule has 0 atom stereocenters. The first-order valence-corrected chi connectivity index (χ1v) is 6.65. The molecule has 2 aromatic carbocycles. The summed E-state index contributed by atoms with van der Waals surface area (Å²) in [6.07, 6.45) is 0. The highest BCUT2D eigenvalue weighted by Gasteiger charge is 2.16. The zero-order chi connectivity index (χ0) is 15.9. The van der Waals surface area contributed by atoms with Crippen molar-refractivity contribution < 1.29 is 19.4 Å². The zero-order valence-electron chi connectivity index (χ0n) is 12.1. The van der Waals surface area contributed by atoms with Crippen LogP contribution in [0.3, 0.4) is 0 Å². The Kier molecular flexibility index (Phi) is 3.25. The van der Waals surface area contributed by atoms with Crippen molar-refractivity contribution in [2.75, 3.05) is 7.11 Å². The molecule has 0 saturated heterocycles. The fourth-order valence-electron chi connectivity index (χ4n) is 2.31. The average Bonchev–Trinajstić information content (AvgIpc) is 2.52. The van der Waals surface area contributed by atoms with Gasteiger partial charge < -0.3 is 19.4 Å². The third-order valence-corrected chi connectivity index (χ3v) is 3.46. The minimum absolute atomic E-state index is 0.0375. The van der Waals surface area contributed by atoms with E-state index in [1.54, 1.807) is 12.1 Å². The van der Waals surface area contributed by atoms with Crippen molar-refractivity contribution in [1.29, 1.82) is 0 Å². The number of fused-ring (bicyclic) bond motifs is 1. The number of aromatic hydroxyl groups is 2. The highest BCUT2D eigenvalue weighted by molar-refractivity contribution is 5.82. The third-order valence-electron chi connectivity index (χ3n) is 3.46. The second-order valence-corrected chi connectivity index (χ2v) is 5.00. The first-order valence-electron chi connectivity index (χ1n) is 6.65. The SMILES string of the molecule is COc1cc(-c2oc3ccc(C)cc3c(=O)c2O)ccc1O. The van der Waals surface area contributed by atoms with Crippen LogP contribution in [0.25, 0.3) is 22.3 Å². The second kappa shape index (κ2) is 5.11. The van der Waals surface area contributed by atoms with E-state index >= 15 is 0 Å². The van der Waals surface area contributed by atoms with Gasteiger partial charge in [0.15, 0.2) is 17.3 Å². The Labute approximate surface area is 126 Å². The molecule has 0 aliphatic heterocycles. The predicted octanol–water partition coefficient (Wildman–Crippen LogP) is 3.19. The Morgan fingerprint density at radius 1 is 1.09 bits per heavy atom. The maximum absolute atomic E-state index is 12.3. The number of phenolic OH excluding ortho intramolecular Hbond substituents is 1. The Morgan fingerprint density at radius 2 is 1.86 bits per heavy atom. The highest BCUT2D eigenvalue weighted by atomic mass is 16.5. The summed E-state index contributed by atoms with van der Waals surface area (Å²) in [5.41, 5.74) is 1.23. The number of phenols is 1. The molecule has 2 N–H and O–H groups in total. The van der Waals surface area contributed by atoms with Crippen molar-refractivity contribution in [2.45, 2.75) is 6.92 Å². The van der Waals surface area contributed by atoms with Gasteiger partial charge in [-0.3, -0.25) is 4.79 Å². The van der Waals surface area contributed by atoms with Gasteiger partial charge >= 0.3 is 0 Å². The van der Waals surface area contributed by atoms with Crippen molar-refractivity contribution in [3.63, 3.8) is 0 Å². The Hall–Kier alpha value is -2.95. The lowest BCUT2D eigenvalue weighted by Gasteiger charge is -2.09. The quantitative estimate of drug-likeness (QED) is 0.759. The van der Waals surface area contributed by atoms with Gasteiger partial charge in [0, 0.05) is 5.56 Å². The van der Waals surface area contributed by atoms with E-state index in [2.05, 4.69) is 0 Å². The van der Waals surface area contributed by atoms with E-state index in [1.165, 1.54) is 25.3 Å². The van der Waals surface area contributed by atoms with E-state index in [9.17, 15) is 15.0 Å². The van der Waals surface area contributed by atoms with Gasteiger partial charge in [-0.25, -0.2) is 0 Å². The lowest BCUT2D eigenvalue weighted by Crippen LogP contribution is -2.02. The maximum atomic E-state index is 12.3. The van der Waals surface area contributed by atoms with E-state index < -0.39 is 11.2 Å². The lowest BCUT2D eigenvalue weighted by molar-refractivity contribution is 0.373. The maximum Gasteiger partial charge on any atom is 0.235 e. The van der Waals surface area contributed by atoms with Crippen LogP contribution >= 0.6 is 0 Å². The number of benzene rings is 2. The number of ether oxygens (including phenoxy) is 1. The molecule has 0 aliphatic rings. The summed E-state index contributed by atoms with van der Waals surface area (Å²) in [6.45, 7) is 1.86. The van der Waals surface area contributed by atoms with Gasteiger partial charge in [0.1, 0.15) is 5.58 Å².